The number of nitrogens with zero attached hydrogens (tertiary/aromatic N) is 1. The molecule has 0 unspecified atom stereocenters. The van der Waals surface area contributed by atoms with Crippen molar-refractivity contribution in [2.75, 3.05) is 0 Å². The number of hydrogen-bond donors (Lipinski definition) is 1. The lowest BCUT2D eigenvalue weighted by Crippen LogP contribution is -2.19. The third kappa shape index (κ3) is 4.19. The molecule has 1 fully saturated rings. The van der Waals surface area contributed by atoms with E-state index in [9.17, 15) is 4.79 Å². The van der Waals surface area contributed by atoms with Crippen LogP contribution in [0.1, 0.15) is 67.8 Å². The minimum Gasteiger partial charge on any atom is -0.267 e. The molecule has 20 heavy (non-hydrogen) atoms. The quantitative estimate of drug-likeness (QED) is 0.650. The standard InChI is InChI=1S/C17H24N2O/c1-13(2)15-8-10-16(11-9-15)17(20)19-18-12-14-6-4-3-5-7-14/h8-14H,3-7H2,1-2H3,(H,19,20)/b18-12+. The van der Waals surface area contributed by atoms with Crippen molar-refractivity contribution in [1.82, 2.24) is 5.43 Å². The Labute approximate surface area is 121 Å². The number of benzene rings is 1. The molecule has 0 bridgehead atoms. The van der Waals surface area contributed by atoms with Gasteiger partial charge in [-0.05, 0) is 42.4 Å². The van der Waals surface area contributed by atoms with E-state index < -0.39 is 0 Å². The van der Waals surface area contributed by atoms with Crippen molar-refractivity contribution in [3.8, 4) is 0 Å². The van der Waals surface area contributed by atoms with Crippen LogP contribution in [0, 0.1) is 5.92 Å². The molecule has 1 amide bonds. The van der Waals surface area contributed by atoms with Crippen LogP contribution in [-0.4, -0.2) is 12.1 Å². The SMILES string of the molecule is CC(C)c1ccc(C(=O)N/N=C/C2CCCCC2)cc1. The summed E-state index contributed by atoms with van der Waals surface area (Å²) in [5.41, 5.74) is 4.53. The van der Waals surface area contributed by atoms with E-state index in [0.717, 1.165) is 0 Å². The molecule has 3 heteroatoms. The van der Waals surface area contributed by atoms with Gasteiger partial charge < -0.3 is 0 Å². The zero-order valence-electron chi connectivity index (χ0n) is 12.4. The topological polar surface area (TPSA) is 41.5 Å². The molecule has 1 saturated carbocycles. The summed E-state index contributed by atoms with van der Waals surface area (Å²) in [6.07, 6.45) is 8.19. The number of hydrazone groups is 1. The molecule has 0 heterocycles. The molecule has 1 aromatic rings. The van der Waals surface area contributed by atoms with E-state index in [0.29, 0.717) is 17.4 Å². The van der Waals surface area contributed by atoms with Crippen LogP contribution in [0.25, 0.3) is 0 Å². The summed E-state index contributed by atoms with van der Waals surface area (Å²) in [7, 11) is 0. The zero-order valence-corrected chi connectivity index (χ0v) is 12.4. The first-order valence-electron chi connectivity index (χ1n) is 7.60. The molecule has 1 aromatic carbocycles. The second kappa shape index (κ2) is 7.22. The first-order chi connectivity index (χ1) is 9.66. The van der Waals surface area contributed by atoms with Crippen LogP contribution in [0.2, 0.25) is 0 Å². The minimum atomic E-state index is -0.132. The van der Waals surface area contributed by atoms with Crippen LogP contribution >= 0.6 is 0 Å². The van der Waals surface area contributed by atoms with Crippen LogP contribution in [0.5, 0.6) is 0 Å². The summed E-state index contributed by atoms with van der Waals surface area (Å²) in [6, 6.07) is 7.73. The van der Waals surface area contributed by atoms with Crippen molar-refractivity contribution in [2.45, 2.75) is 51.9 Å². The molecular formula is C17H24N2O. The molecule has 0 spiro atoms. The Bertz CT molecular complexity index is 456. The molecule has 1 N–H and O–H groups in total. The van der Waals surface area contributed by atoms with Crippen molar-refractivity contribution in [2.24, 2.45) is 11.0 Å². The van der Waals surface area contributed by atoms with Gasteiger partial charge in [0.15, 0.2) is 0 Å². The van der Waals surface area contributed by atoms with Gasteiger partial charge in [-0.1, -0.05) is 45.2 Å². The fourth-order valence-corrected chi connectivity index (χ4v) is 2.57. The van der Waals surface area contributed by atoms with E-state index in [2.05, 4.69) is 24.4 Å². The van der Waals surface area contributed by atoms with Crippen molar-refractivity contribution >= 4 is 12.1 Å². The second-order valence-electron chi connectivity index (χ2n) is 5.89. The molecule has 2 rings (SSSR count). The van der Waals surface area contributed by atoms with Crippen LogP contribution in [-0.2, 0) is 0 Å². The summed E-state index contributed by atoms with van der Waals surface area (Å²) < 4.78 is 0. The van der Waals surface area contributed by atoms with E-state index in [4.69, 9.17) is 0 Å². The summed E-state index contributed by atoms with van der Waals surface area (Å²) in [5.74, 6) is 0.885. The molecular weight excluding hydrogens is 248 g/mol. The van der Waals surface area contributed by atoms with Gasteiger partial charge in [0.1, 0.15) is 0 Å². The lowest BCUT2D eigenvalue weighted by molar-refractivity contribution is 0.0955. The van der Waals surface area contributed by atoms with E-state index >= 15 is 0 Å². The van der Waals surface area contributed by atoms with Crippen LogP contribution in [0.3, 0.4) is 0 Å². The summed E-state index contributed by atoms with van der Waals surface area (Å²) in [6.45, 7) is 4.28. The monoisotopic (exact) mass is 272 g/mol. The Morgan fingerprint density at radius 1 is 1.20 bits per heavy atom. The van der Waals surface area contributed by atoms with E-state index in [1.165, 1.54) is 37.7 Å². The van der Waals surface area contributed by atoms with Gasteiger partial charge >= 0.3 is 0 Å². The van der Waals surface area contributed by atoms with E-state index in [1.807, 2.05) is 30.5 Å². The first kappa shape index (κ1) is 14.8. The van der Waals surface area contributed by atoms with Gasteiger partial charge in [0.05, 0.1) is 0 Å². The average Bonchev–Trinajstić information content (AvgIpc) is 2.48. The number of rotatable bonds is 4. The van der Waals surface area contributed by atoms with Gasteiger partial charge in [0.2, 0.25) is 0 Å². The maximum Gasteiger partial charge on any atom is 0.271 e. The highest BCUT2D eigenvalue weighted by Gasteiger charge is 2.11. The van der Waals surface area contributed by atoms with Gasteiger partial charge in [-0.15, -0.1) is 0 Å². The molecule has 0 saturated heterocycles. The van der Waals surface area contributed by atoms with Crippen molar-refractivity contribution in [1.29, 1.82) is 0 Å². The number of carbonyl (C=O) groups is 1. The third-order valence-corrected chi connectivity index (χ3v) is 3.94. The van der Waals surface area contributed by atoms with Crippen molar-refractivity contribution in [3.05, 3.63) is 35.4 Å². The largest absolute Gasteiger partial charge is 0.271 e. The molecule has 0 aliphatic heterocycles. The maximum atomic E-state index is 11.9. The van der Waals surface area contributed by atoms with Crippen molar-refractivity contribution < 1.29 is 4.79 Å². The maximum absolute atomic E-state index is 11.9. The third-order valence-electron chi connectivity index (χ3n) is 3.94. The predicted molar refractivity (Wildman–Crippen MR) is 83.1 cm³/mol. The molecule has 1 aliphatic carbocycles. The Morgan fingerprint density at radius 3 is 2.45 bits per heavy atom. The van der Waals surface area contributed by atoms with Gasteiger partial charge in [0, 0.05) is 11.8 Å². The fraction of sp³-hybridized carbons (Fsp3) is 0.529. The number of amides is 1. The predicted octanol–water partition coefficient (Wildman–Crippen LogP) is 4.11. The Morgan fingerprint density at radius 2 is 1.85 bits per heavy atom. The zero-order chi connectivity index (χ0) is 14.4. The fourth-order valence-electron chi connectivity index (χ4n) is 2.57. The lowest BCUT2D eigenvalue weighted by Gasteiger charge is -2.16. The minimum absolute atomic E-state index is 0.132. The highest BCUT2D eigenvalue weighted by Crippen LogP contribution is 2.21. The molecule has 0 radical (unpaired) electrons. The summed E-state index contributed by atoms with van der Waals surface area (Å²) >= 11 is 0. The highest BCUT2D eigenvalue weighted by molar-refractivity contribution is 5.94. The second-order valence-corrected chi connectivity index (χ2v) is 5.89. The van der Waals surface area contributed by atoms with Gasteiger partial charge in [-0.25, -0.2) is 5.43 Å². The van der Waals surface area contributed by atoms with Gasteiger partial charge in [-0.3, -0.25) is 4.79 Å². The Kier molecular flexibility index (Phi) is 5.33. The van der Waals surface area contributed by atoms with Crippen LogP contribution in [0.4, 0.5) is 0 Å². The molecule has 108 valence electrons. The molecule has 0 atom stereocenters. The smallest absolute Gasteiger partial charge is 0.267 e. The van der Waals surface area contributed by atoms with Gasteiger partial charge in [-0.2, -0.15) is 5.10 Å². The van der Waals surface area contributed by atoms with Crippen LogP contribution in [0.15, 0.2) is 29.4 Å². The van der Waals surface area contributed by atoms with E-state index in [-0.39, 0.29) is 5.91 Å². The van der Waals surface area contributed by atoms with Crippen molar-refractivity contribution in [3.63, 3.8) is 0 Å². The number of carbonyl (C=O) groups excluding carboxylic acids is 1. The number of nitrogens with one attached hydrogen (secondary N) is 1. The average molecular weight is 272 g/mol. The first-order valence-corrected chi connectivity index (χ1v) is 7.60. The summed E-state index contributed by atoms with van der Waals surface area (Å²) in [5, 5.41) is 4.10. The van der Waals surface area contributed by atoms with E-state index in [1.54, 1.807) is 0 Å². The Hall–Kier alpha value is -1.64. The Balaban J connectivity index is 1.86. The lowest BCUT2D eigenvalue weighted by atomic mass is 9.90. The highest BCUT2D eigenvalue weighted by atomic mass is 16.2. The molecule has 0 aromatic heterocycles. The van der Waals surface area contributed by atoms with Crippen LogP contribution < -0.4 is 5.43 Å². The van der Waals surface area contributed by atoms with Gasteiger partial charge in [0.25, 0.3) is 5.91 Å². The normalized spacial score (nSPS) is 16.8. The molecule has 3 nitrogen and oxygen atoms in total. The number of hydrogen-bond acceptors (Lipinski definition) is 2. The molecule has 1 aliphatic rings. The summed E-state index contributed by atoms with van der Waals surface area (Å²) in [4.78, 5) is 11.9.